The summed E-state index contributed by atoms with van der Waals surface area (Å²) in [4.78, 5) is 22.4. The molecule has 0 aromatic heterocycles. The summed E-state index contributed by atoms with van der Waals surface area (Å²) in [7, 11) is 0. The Labute approximate surface area is 151 Å². The number of carbonyl (C=O) groups is 2. The van der Waals surface area contributed by atoms with E-state index >= 15 is 0 Å². The molecule has 0 fully saturated rings. The van der Waals surface area contributed by atoms with Gasteiger partial charge in [-0.1, -0.05) is 18.2 Å². The molecule has 0 aliphatic heterocycles. The summed E-state index contributed by atoms with van der Waals surface area (Å²) in [6, 6.07) is 12.5. The quantitative estimate of drug-likeness (QED) is 0.559. The summed E-state index contributed by atoms with van der Waals surface area (Å²) in [5, 5.41) is 12.5. The van der Waals surface area contributed by atoms with Crippen LogP contribution in [0.3, 0.4) is 0 Å². The van der Waals surface area contributed by atoms with Crippen LogP contribution in [0.5, 0.6) is 11.5 Å². The van der Waals surface area contributed by atoms with Crippen molar-refractivity contribution in [3.05, 3.63) is 59.2 Å². The van der Waals surface area contributed by atoms with Gasteiger partial charge in [-0.3, -0.25) is 4.79 Å². The lowest BCUT2D eigenvalue weighted by Gasteiger charge is -2.08. The Morgan fingerprint density at radius 3 is 2.46 bits per heavy atom. The van der Waals surface area contributed by atoms with Crippen LogP contribution in [0.15, 0.2) is 47.6 Å². The second-order valence-corrected chi connectivity index (χ2v) is 5.63. The summed E-state index contributed by atoms with van der Waals surface area (Å²) >= 11 is 0. The van der Waals surface area contributed by atoms with Crippen LogP contribution in [-0.2, 0) is 9.59 Å². The number of hydrogen-bond acceptors (Lipinski definition) is 5. The number of hydrazone groups is 1. The van der Waals surface area contributed by atoms with Gasteiger partial charge in [-0.15, -0.1) is 0 Å². The van der Waals surface area contributed by atoms with Gasteiger partial charge in [0.2, 0.25) is 0 Å². The minimum Gasteiger partial charge on any atom is -0.484 e. The first-order chi connectivity index (χ1) is 12.4. The van der Waals surface area contributed by atoms with Crippen molar-refractivity contribution >= 4 is 18.1 Å². The highest BCUT2D eigenvalue weighted by molar-refractivity contribution is 5.85. The second-order valence-electron chi connectivity index (χ2n) is 5.63. The van der Waals surface area contributed by atoms with Crippen LogP contribution in [0, 0.1) is 13.8 Å². The average Bonchev–Trinajstić information content (AvgIpc) is 2.58. The van der Waals surface area contributed by atoms with E-state index in [1.165, 1.54) is 6.21 Å². The number of carboxylic acid groups (broad SMARTS) is 1. The number of amides is 1. The van der Waals surface area contributed by atoms with Gasteiger partial charge in [0.25, 0.3) is 5.91 Å². The van der Waals surface area contributed by atoms with E-state index in [0.717, 1.165) is 11.1 Å². The predicted octanol–water partition coefficient (Wildman–Crippen LogP) is 2.30. The second kappa shape index (κ2) is 9.22. The van der Waals surface area contributed by atoms with Crippen LogP contribution in [0.25, 0.3) is 0 Å². The molecule has 0 atom stereocenters. The lowest BCUT2D eigenvalue weighted by molar-refractivity contribution is -0.139. The van der Waals surface area contributed by atoms with E-state index in [0.29, 0.717) is 17.1 Å². The van der Waals surface area contributed by atoms with Gasteiger partial charge in [-0.25, -0.2) is 10.2 Å². The monoisotopic (exact) mass is 356 g/mol. The third-order valence-corrected chi connectivity index (χ3v) is 3.23. The number of aryl methyl sites for hydroxylation is 2. The molecule has 2 aromatic carbocycles. The van der Waals surface area contributed by atoms with E-state index < -0.39 is 18.5 Å². The van der Waals surface area contributed by atoms with E-state index in [4.69, 9.17) is 14.6 Å². The van der Waals surface area contributed by atoms with E-state index in [2.05, 4.69) is 10.5 Å². The van der Waals surface area contributed by atoms with Gasteiger partial charge in [-0.05, 0) is 49.2 Å². The summed E-state index contributed by atoms with van der Waals surface area (Å²) in [5.74, 6) is -0.508. The van der Waals surface area contributed by atoms with Crippen molar-refractivity contribution in [3.8, 4) is 11.5 Å². The number of para-hydroxylation sites is 1. The molecular formula is C19H20N2O5. The number of aliphatic carboxylic acids is 1. The smallest absolute Gasteiger partial charge is 0.341 e. The molecule has 0 unspecified atom stereocenters. The highest BCUT2D eigenvalue weighted by atomic mass is 16.5. The molecule has 0 saturated heterocycles. The van der Waals surface area contributed by atoms with Crippen molar-refractivity contribution in [1.82, 2.24) is 5.43 Å². The van der Waals surface area contributed by atoms with Gasteiger partial charge < -0.3 is 14.6 Å². The lowest BCUT2D eigenvalue weighted by Crippen LogP contribution is -2.24. The fourth-order valence-electron chi connectivity index (χ4n) is 2.23. The molecule has 0 saturated carbocycles. The number of nitrogens with one attached hydrogen (secondary N) is 1. The highest BCUT2D eigenvalue weighted by Gasteiger charge is 2.05. The van der Waals surface area contributed by atoms with Gasteiger partial charge >= 0.3 is 5.97 Å². The van der Waals surface area contributed by atoms with Gasteiger partial charge in [0, 0.05) is 5.56 Å². The predicted molar refractivity (Wildman–Crippen MR) is 96.7 cm³/mol. The zero-order chi connectivity index (χ0) is 18.9. The average molecular weight is 356 g/mol. The summed E-state index contributed by atoms with van der Waals surface area (Å²) < 4.78 is 10.6. The van der Waals surface area contributed by atoms with Crippen LogP contribution in [0.4, 0.5) is 0 Å². The molecule has 136 valence electrons. The number of nitrogens with zero attached hydrogens (tertiary/aromatic N) is 1. The van der Waals surface area contributed by atoms with Gasteiger partial charge in [0.15, 0.2) is 13.2 Å². The van der Waals surface area contributed by atoms with Crippen molar-refractivity contribution < 1.29 is 24.2 Å². The molecule has 2 N–H and O–H groups in total. The van der Waals surface area contributed by atoms with Crippen molar-refractivity contribution in [2.24, 2.45) is 5.10 Å². The van der Waals surface area contributed by atoms with Gasteiger partial charge in [0.05, 0.1) is 6.21 Å². The molecule has 1 amide bonds. The van der Waals surface area contributed by atoms with Gasteiger partial charge in [0.1, 0.15) is 11.5 Å². The molecule has 0 spiro atoms. The maximum Gasteiger partial charge on any atom is 0.341 e. The normalized spacial score (nSPS) is 10.5. The maximum atomic E-state index is 11.8. The first-order valence-electron chi connectivity index (χ1n) is 7.90. The fourth-order valence-corrected chi connectivity index (χ4v) is 2.23. The Bertz CT molecular complexity index is 797. The van der Waals surface area contributed by atoms with Crippen LogP contribution < -0.4 is 14.9 Å². The topological polar surface area (TPSA) is 97.2 Å². The van der Waals surface area contributed by atoms with Crippen LogP contribution in [0.1, 0.15) is 16.7 Å². The molecule has 0 radical (unpaired) electrons. The van der Waals surface area contributed by atoms with E-state index in [-0.39, 0.29) is 6.61 Å². The summed E-state index contributed by atoms with van der Waals surface area (Å²) in [6.45, 7) is 3.28. The Balaban J connectivity index is 1.88. The summed E-state index contributed by atoms with van der Waals surface area (Å²) in [5.41, 5.74) is 5.01. The molecule has 0 heterocycles. The molecule has 2 aromatic rings. The highest BCUT2D eigenvalue weighted by Crippen LogP contribution is 2.16. The maximum absolute atomic E-state index is 11.8. The Kier molecular flexibility index (Phi) is 6.73. The molecule has 0 aliphatic rings. The summed E-state index contributed by atoms with van der Waals surface area (Å²) in [6.07, 6.45) is 1.38. The van der Waals surface area contributed by atoms with E-state index in [1.807, 2.05) is 32.0 Å². The minimum atomic E-state index is -1.08. The molecular weight excluding hydrogens is 336 g/mol. The van der Waals surface area contributed by atoms with Crippen molar-refractivity contribution in [1.29, 1.82) is 0 Å². The third-order valence-electron chi connectivity index (χ3n) is 3.23. The van der Waals surface area contributed by atoms with Crippen LogP contribution >= 0.6 is 0 Å². The van der Waals surface area contributed by atoms with Crippen LogP contribution in [0.2, 0.25) is 0 Å². The molecule has 2 rings (SSSR count). The molecule has 7 heteroatoms. The van der Waals surface area contributed by atoms with Crippen molar-refractivity contribution in [2.75, 3.05) is 13.2 Å². The number of carboxylic acids is 1. The molecule has 0 aliphatic carbocycles. The SMILES string of the molecule is Cc1cc(C)cc(OCC(=O)N/N=C/c2ccccc2OCC(=O)O)c1. The minimum absolute atomic E-state index is 0.169. The van der Waals surface area contributed by atoms with Crippen molar-refractivity contribution in [2.45, 2.75) is 13.8 Å². The number of hydrogen-bond donors (Lipinski definition) is 2. The fraction of sp³-hybridized carbons (Fsp3) is 0.211. The first kappa shape index (κ1) is 19.0. The van der Waals surface area contributed by atoms with Gasteiger partial charge in [-0.2, -0.15) is 5.10 Å². The number of carbonyl (C=O) groups excluding carboxylic acids is 1. The van der Waals surface area contributed by atoms with Crippen LogP contribution in [-0.4, -0.2) is 36.4 Å². The molecule has 26 heavy (non-hydrogen) atoms. The van der Waals surface area contributed by atoms with E-state index in [9.17, 15) is 9.59 Å². The lowest BCUT2D eigenvalue weighted by atomic mass is 10.1. The number of benzene rings is 2. The first-order valence-corrected chi connectivity index (χ1v) is 7.90. The Morgan fingerprint density at radius 1 is 1.08 bits per heavy atom. The third kappa shape index (κ3) is 6.27. The molecule has 7 nitrogen and oxygen atoms in total. The number of rotatable bonds is 8. The molecule has 0 bridgehead atoms. The number of ether oxygens (including phenoxy) is 2. The largest absolute Gasteiger partial charge is 0.484 e. The zero-order valence-electron chi connectivity index (χ0n) is 14.6. The van der Waals surface area contributed by atoms with Crippen molar-refractivity contribution in [3.63, 3.8) is 0 Å². The van der Waals surface area contributed by atoms with E-state index in [1.54, 1.807) is 24.3 Å². The zero-order valence-corrected chi connectivity index (χ0v) is 14.6. The standard InChI is InChI=1S/C19H20N2O5/c1-13-7-14(2)9-16(8-13)25-11-18(22)21-20-10-15-5-3-4-6-17(15)26-12-19(23)24/h3-10H,11-12H2,1-2H3,(H,21,22)(H,23,24)/b20-10+. The Hall–Kier alpha value is -3.35. The Morgan fingerprint density at radius 2 is 1.77 bits per heavy atom.